The van der Waals surface area contributed by atoms with Crippen molar-refractivity contribution >= 4 is 23.4 Å². The van der Waals surface area contributed by atoms with E-state index in [0.717, 1.165) is 30.4 Å². The average molecular weight is 509 g/mol. The molecule has 1 atom stereocenters. The molecule has 0 aromatic heterocycles. The normalized spacial score (nSPS) is 11.4. The number of carbonyl (C=O) groups is 2. The Hall–Kier alpha value is -3.51. The van der Waals surface area contributed by atoms with E-state index in [1.54, 1.807) is 36.3 Å². The summed E-state index contributed by atoms with van der Waals surface area (Å²) >= 11 is 6.21. The van der Waals surface area contributed by atoms with Crippen molar-refractivity contribution in [2.75, 3.05) is 20.3 Å². The number of hydrogen-bond acceptors (Lipinski definition) is 4. The van der Waals surface area contributed by atoms with Crippen molar-refractivity contribution in [1.82, 2.24) is 10.2 Å². The molecule has 3 rings (SSSR count). The van der Waals surface area contributed by atoms with Gasteiger partial charge in [0.15, 0.2) is 6.61 Å². The summed E-state index contributed by atoms with van der Waals surface area (Å²) in [6.45, 7) is 2.63. The molecule has 0 aliphatic heterocycles. The van der Waals surface area contributed by atoms with Gasteiger partial charge in [0.1, 0.15) is 17.5 Å². The maximum atomic E-state index is 13.6. The Morgan fingerprint density at radius 2 is 1.64 bits per heavy atom. The first-order chi connectivity index (χ1) is 17.5. The van der Waals surface area contributed by atoms with Crippen molar-refractivity contribution < 1.29 is 19.1 Å². The van der Waals surface area contributed by atoms with Crippen LogP contribution in [-0.4, -0.2) is 37.0 Å². The fourth-order valence-electron chi connectivity index (χ4n) is 3.83. The molecule has 0 saturated carbocycles. The van der Waals surface area contributed by atoms with Crippen LogP contribution in [0.4, 0.5) is 0 Å². The van der Waals surface area contributed by atoms with Crippen molar-refractivity contribution in [3.8, 4) is 11.5 Å². The molecule has 2 amide bonds. The number of hydrogen-bond donors (Lipinski definition) is 1. The molecule has 0 heterocycles. The standard InChI is InChI=1S/C29H33ClN2O4/c1-3-4-10-19-31-29(34)28(23-11-6-5-7-12-23)32(20-22-15-17-24(35-2)18-16-22)27(33)21-36-26-14-9-8-13-25(26)30/h5-9,11-18,28H,3-4,10,19-21H2,1-2H3,(H,31,34). The minimum absolute atomic E-state index is 0.219. The molecular formula is C29H33ClN2O4. The Balaban J connectivity index is 1.90. The van der Waals surface area contributed by atoms with Gasteiger partial charge in [0, 0.05) is 13.1 Å². The summed E-state index contributed by atoms with van der Waals surface area (Å²) in [5, 5.41) is 3.44. The van der Waals surface area contributed by atoms with Crippen LogP contribution in [0.25, 0.3) is 0 Å². The molecule has 190 valence electrons. The van der Waals surface area contributed by atoms with Crippen LogP contribution in [0.3, 0.4) is 0 Å². The Morgan fingerprint density at radius 3 is 2.31 bits per heavy atom. The van der Waals surface area contributed by atoms with Gasteiger partial charge in [-0.05, 0) is 41.8 Å². The molecule has 36 heavy (non-hydrogen) atoms. The van der Waals surface area contributed by atoms with Crippen molar-refractivity contribution in [2.24, 2.45) is 0 Å². The minimum Gasteiger partial charge on any atom is -0.497 e. The summed E-state index contributed by atoms with van der Waals surface area (Å²) in [7, 11) is 1.60. The summed E-state index contributed by atoms with van der Waals surface area (Å²) in [5.74, 6) is 0.573. The molecule has 0 aliphatic carbocycles. The second kappa shape index (κ2) is 14.1. The van der Waals surface area contributed by atoms with E-state index in [-0.39, 0.29) is 25.0 Å². The van der Waals surface area contributed by atoms with Gasteiger partial charge in [-0.2, -0.15) is 0 Å². The Morgan fingerprint density at radius 1 is 0.944 bits per heavy atom. The van der Waals surface area contributed by atoms with Gasteiger partial charge in [0.25, 0.3) is 5.91 Å². The zero-order valence-electron chi connectivity index (χ0n) is 20.8. The lowest BCUT2D eigenvalue weighted by Gasteiger charge is -2.31. The number of para-hydroxylation sites is 1. The first-order valence-electron chi connectivity index (χ1n) is 12.2. The van der Waals surface area contributed by atoms with Gasteiger partial charge < -0.3 is 19.7 Å². The number of halogens is 1. The third-order valence-corrected chi connectivity index (χ3v) is 6.09. The lowest BCUT2D eigenvalue weighted by atomic mass is 10.0. The summed E-state index contributed by atoms with van der Waals surface area (Å²) < 4.78 is 11.0. The second-order valence-corrected chi connectivity index (χ2v) is 8.81. The predicted octanol–water partition coefficient (Wildman–Crippen LogP) is 5.80. The largest absolute Gasteiger partial charge is 0.497 e. The van der Waals surface area contributed by atoms with Gasteiger partial charge in [0.2, 0.25) is 5.91 Å². The van der Waals surface area contributed by atoms with Gasteiger partial charge >= 0.3 is 0 Å². The lowest BCUT2D eigenvalue weighted by Crippen LogP contribution is -2.45. The Labute approximate surface area is 218 Å². The third-order valence-electron chi connectivity index (χ3n) is 5.78. The summed E-state index contributed by atoms with van der Waals surface area (Å²) in [5.41, 5.74) is 1.59. The highest BCUT2D eigenvalue weighted by atomic mass is 35.5. The van der Waals surface area contributed by atoms with E-state index in [1.807, 2.05) is 54.6 Å². The van der Waals surface area contributed by atoms with Gasteiger partial charge in [0.05, 0.1) is 12.1 Å². The lowest BCUT2D eigenvalue weighted by molar-refractivity contribution is -0.143. The smallest absolute Gasteiger partial charge is 0.261 e. The molecule has 0 fully saturated rings. The molecule has 3 aromatic carbocycles. The summed E-state index contributed by atoms with van der Waals surface area (Å²) in [6.07, 6.45) is 2.96. The van der Waals surface area contributed by atoms with E-state index in [1.165, 1.54) is 0 Å². The van der Waals surface area contributed by atoms with Crippen LogP contribution in [0.1, 0.15) is 43.4 Å². The van der Waals surface area contributed by atoms with Gasteiger partial charge in [-0.3, -0.25) is 9.59 Å². The van der Waals surface area contributed by atoms with E-state index in [2.05, 4.69) is 12.2 Å². The molecule has 0 radical (unpaired) electrons. The fourth-order valence-corrected chi connectivity index (χ4v) is 4.02. The molecule has 0 aliphatic rings. The van der Waals surface area contributed by atoms with Crippen molar-refractivity contribution in [2.45, 2.75) is 38.8 Å². The quantitative estimate of drug-likeness (QED) is 0.296. The third kappa shape index (κ3) is 7.75. The molecule has 1 N–H and O–H groups in total. The van der Waals surface area contributed by atoms with Crippen LogP contribution in [0, 0.1) is 0 Å². The maximum absolute atomic E-state index is 13.6. The monoisotopic (exact) mass is 508 g/mol. The highest BCUT2D eigenvalue weighted by molar-refractivity contribution is 6.32. The van der Waals surface area contributed by atoms with Gasteiger partial charge in [-0.1, -0.05) is 86.0 Å². The fraction of sp³-hybridized carbons (Fsp3) is 0.310. The Kier molecular flexibility index (Phi) is 10.6. The average Bonchev–Trinajstić information content (AvgIpc) is 2.91. The molecular weight excluding hydrogens is 476 g/mol. The van der Waals surface area contributed by atoms with Crippen LogP contribution in [0.15, 0.2) is 78.9 Å². The number of unbranched alkanes of at least 4 members (excludes halogenated alkanes) is 2. The molecule has 0 bridgehead atoms. The molecule has 6 nitrogen and oxygen atoms in total. The number of nitrogens with zero attached hydrogens (tertiary/aromatic N) is 1. The molecule has 3 aromatic rings. The van der Waals surface area contributed by atoms with E-state index in [4.69, 9.17) is 21.1 Å². The predicted molar refractivity (Wildman–Crippen MR) is 142 cm³/mol. The van der Waals surface area contributed by atoms with Gasteiger partial charge in [-0.15, -0.1) is 0 Å². The zero-order valence-corrected chi connectivity index (χ0v) is 21.5. The molecule has 0 spiro atoms. The van der Waals surface area contributed by atoms with Gasteiger partial charge in [-0.25, -0.2) is 0 Å². The van der Waals surface area contributed by atoms with E-state index >= 15 is 0 Å². The number of methoxy groups -OCH3 is 1. The highest BCUT2D eigenvalue weighted by Crippen LogP contribution is 2.27. The maximum Gasteiger partial charge on any atom is 0.261 e. The summed E-state index contributed by atoms with van der Waals surface area (Å²) in [4.78, 5) is 28.6. The minimum atomic E-state index is -0.822. The molecule has 7 heteroatoms. The first kappa shape index (κ1) is 27.1. The topological polar surface area (TPSA) is 67.9 Å². The van der Waals surface area contributed by atoms with Crippen LogP contribution < -0.4 is 14.8 Å². The van der Waals surface area contributed by atoms with Crippen LogP contribution >= 0.6 is 11.6 Å². The number of benzene rings is 3. The van der Waals surface area contributed by atoms with E-state index in [9.17, 15) is 9.59 Å². The number of rotatable bonds is 13. The van der Waals surface area contributed by atoms with Crippen LogP contribution in [-0.2, 0) is 16.1 Å². The second-order valence-electron chi connectivity index (χ2n) is 8.40. The SMILES string of the molecule is CCCCCNC(=O)C(c1ccccc1)N(Cc1ccc(OC)cc1)C(=O)COc1ccccc1Cl. The van der Waals surface area contributed by atoms with Crippen molar-refractivity contribution in [3.05, 3.63) is 95.0 Å². The summed E-state index contributed by atoms with van der Waals surface area (Å²) in [6, 6.07) is 22.9. The first-order valence-corrected chi connectivity index (χ1v) is 12.5. The number of carbonyl (C=O) groups excluding carboxylic acids is 2. The highest BCUT2D eigenvalue weighted by Gasteiger charge is 2.31. The number of amides is 2. The van der Waals surface area contributed by atoms with Crippen molar-refractivity contribution in [3.63, 3.8) is 0 Å². The zero-order chi connectivity index (χ0) is 25.8. The number of nitrogens with one attached hydrogen (secondary N) is 1. The van der Waals surface area contributed by atoms with Crippen LogP contribution in [0.5, 0.6) is 11.5 Å². The number of ether oxygens (including phenoxy) is 2. The molecule has 0 saturated heterocycles. The van der Waals surface area contributed by atoms with Crippen LogP contribution in [0.2, 0.25) is 5.02 Å². The van der Waals surface area contributed by atoms with E-state index < -0.39 is 6.04 Å². The van der Waals surface area contributed by atoms with Crippen molar-refractivity contribution in [1.29, 1.82) is 0 Å². The Bertz CT molecular complexity index is 1110. The van der Waals surface area contributed by atoms with E-state index in [0.29, 0.717) is 23.1 Å². The molecule has 1 unspecified atom stereocenters.